The van der Waals surface area contributed by atoms with Crippen LogP contribution in [0.25, 0.3) is 11.3 Å². The summed E-state index contributed by atoms with van der Waals surface area (Å²) in [6.45, 7) is 0. The number of hydrogen-bond acceptors (Lipinski definition) is 4. The molecule has 1 nitrogen and oxygen atoms in total. The van der Waals surface area contributed by atoms with Gasteiger partial charge in [-0.25, -0.2) is 4.98 Å². The van der Waals surface area contributed by atoms with Gasteiger partial charge in [0, 0.05) is 5.56 Å². The van der Waals surface area contributed by atoms with E-state index < -0.39 is 0 Å². The first-order chi connectivity index (χ1) is 7.29. The fourth-order valence-electron chi connectivity index (χ4n) is 1.22. The van der Waals surface area contributed by atoms with Crippen molar-refractivity contribution in [1.29, 1.82) is 0 Å². The molecule has 1 aromatic heterocycles. The molecule has 15 heavy (non-hydrogen) atoms. The molecule has 76 valence electrons. The Bertz CT molecular complexity index is 505. The monoisotopic (exact) mass is 251 g/mol. The van der Waals surface area contributed by atoms with Crippen molar-refractivity contribution in [1.82, 2.24) is 4.98 Å². The van der Waals surface area contributed by atoms with Crippen molar-refractivity contribution in [3.63, 3.8) is 0 Å². The van der Waals surface area contributed by atoms with Gasteiger partial charge in [0.25, 0.3) is 0 Å². The maximum atomic E-state index is 5.22. The van der Waals surface area contributed by atoms with Crippen LogP contribution in [0, 0.1) is 3.82 Å². The molecule has 0 saturated heterocycles. The van der Waals surface area contributed by atoms with Crippen LogP contribution >= 0.6 is 35.3 Å². The van der Waals surface area contributed by atoms with Gasteiger partial charge in [-0.3, -0.25) is 0 Å². The summed E-state index contributed by atoms with van der Waals surface area (Å²) in [7, 11) is 0. The molecule has 4 heteroatoms. The average Bonchev–Trinajstić information content (AvgIpc) is 2.29. The van der Waals surface area contributed by atoms with Crippen molar-refractivity contribution in [3.8, 4) is 11.3 Å². The van der Waals surface area contributed by atoms with Crippen molar-refractivity contribution < 1.29 is 0 Å². The Morgan fingerprint density at radius 3 is 2.67 bits per heavy atom. The van der Waals surface area contributed by atoms with Crippen LogP contribution in [0.3, 0.4) is 0 Å². The molecule has 0 aliphatic carbocycles. The van der Waals surface area contributed by atoms with E-state index in [1.54, 1.807) is 23.1 Å². The zero-order valence-corrected chi connectivity index (χ0v) is 10.6. The third-order valence-electron chi connectivity index (χ3n) is 1.90. The van der Waals surface area contributed by atoms with Crippen LogP contribution in [0.4, 0.5) is 0 Å². The molecule has 0 saturated carbocycles. The summed E-state index contributed by atoms with van der Waals surface area (Å²) < 4.78 is 1.90. The summed E-state index contributed by atoms with van der Waals surface area (Å²) in [5.41, 5.74) is 2.08. The molecule has 2 aromatic rings. The third kappa shape index (κ3) is 2.65. The first-order valence-electron chi connectivity index (χ1n) is 4.41. The molecule has 2 rings (SSSR count). The second kappa shape index (κ2) is 4.88. The quantitative estimate of drug-likeness (QED) is 0.584. The minimum Gasteiger partial charge on any atom is -0.230 e. The van der Waals surface area contributed by atoms with Crippen LogP contribution in [-0.2, 0) is 0 Å². The van der Waals surface area contributed by atoms with Gasteiger partial charge in [0.2, 0.25) is 0 Å². The first kappa shape index (κ1) is 10.8. The molecular weight excluding hydrogens is 242 g/mol. The number of nitrogens with zero attached hydrogens (tertiary/aromatic N) is 1. The zero-order chi connectivity index (χ0) is 10.7. The van der Waals surface area contributed by atoms with Crippen LogP contribution in [0.1, 0.15) is 0 Å². The Hall–Kier alpha value is -0.710. The van der Waals surface area contributed by atoms with E-state index in [1.807, 2.05) is 42.7 Å². The summed E-state index contributed by atoms with van der Waals surface area (Å²) in [4.78, 5) is 4.54. The lowest BCUT2D eigenvalue weighted by Crippen LogP contribution is -1.83. The summed E-state index contributed by atoms with van der Waals surface area (Å²) in [6.07, 6.45) is 2.02. The van der Waals surface area contributed by atoms with Crippen molar-refractivity contribution in [3.05, 3.63) is 40.2 Å². The second-order valence-corrected chi connectivity index (χ2v) is 5.68. The van der Waals surface area contributed by atoms with Crippen LogP contribution in [0.2, 0.25) is 0 Å². The molecule has 0 bridgehead atoms. The average molecular weight is 251 g/mol. The standard InChI is InChI=1S/C11H9NS3/c1-14-11-12-9(7-10(13)15-11)8-5-3-2-4-6-8/h2-7H,1H3. The van der Waals surface area contributed by atoms with Gasteiger partial charge in [0.1, 0.15) is 0 Å². The normalized spacial score (nSPS) is 10.2. The van der Waals surface area contributed by atoms with E-state index in [9.17, 15) is 0 Å². The Morgan fingerprint density at radius 2 is 2.00 bits per heavy atom. The minimum absolute atomic E-state index is 0.883. The topological polar surface area (TPSA) is 12.9 Å². The molecule has 0 N–H and O–H groups in total. The zero-order valence-electron chi connectivity index (χ0n) is 8.14. The Labute approximate surface area is 102 Å². The van der Waals surface area contributed by atoms with Gasteiger partial charge in [-0.15, -0.1) is 0 Å². The molecular formula is C11H9NS3. The predicted molar refractivity (Wildman–Crippen MR) is 70.2 cm³/mol. The molecule has 0 atom stereocenters. The number of hydrogen-bond donors (Lipinski definition) is 0. The van der Waals surface area contributed by atoms with E-state index in [4.69, 9.17) is 12.2 Å². The molecule has 0 unspecified atom stereocenters. The fraction of sp³-hybridized carbons (Fsp3) is 0.0909. The lowest BCUT2D eigenvalue weighted by atomic mass is 10.2. The van der Waals surface area contributed by atoms with Crippen LogP contribution in [0.5, 0.6) is 0 Å². The Balaban J connectivity index is 2.54. The highest BCUT2D eigenvalue weighted by atomic mass is 32.2. The summed E-state index contributed by atoms with van der Waals surface area (Å²) in [5, 5.41) is 0. The van der Waals surface area contributed by atoms with Gasteiger partial charge in [-0.2, -0.15) is 0 Å². The van der Waals surface area contributed by atoms with Gasteiger partial charge >= 0.3 is 0 Å². The van der Waals surface area contributed by atoms with Crippen molar-refractivity contribution >= 4 is 35.3 Å². The van der Waals surface area contributed by atoms with E-state index in [-0.39, 0.29) is 0 Å². The molecule has 0 aliphatic heterocycles. The summed E-state index contributed by atoms with van der Waals surface area (Å²) in [5.74, 6) is 0. The number of aromatic nitrogens is 1. The molecule has 1 heterocycles. The maximum absolute atomic E-state index is 5.22. The number of thioether (sulfide) groups is 1. The first-order valence-corrected chi connectivity index (χ1v) is 6.86. The largest absolute Gasteiger partial charge is 0.230 e. The second-order valence-electron chi connectivity index (χ2n) is 2.90. The van der Waals surface area contributed by atoms with Crippen LogP contribution in [-0.4, -0.2) is 11.2 Å². The number of benzene rings is 1. The van der Waals surface area contributed by atoms with E-state index >= 15 is 0 Å². The highest BCUT2D eigenvalue weighted by molar-refractivity contribution is 8.00. The van der Waals surface area contributed by atoms with Crippen molar-refractivity contribution in [2.75, 3.05) is 6.26 Å². The van der Waals surface area contributed by atoms with E-state index in [2.05, 4.69) is 4.98 Å². The Kier molecular flexibility index (Phi) is 3.51. The highest BCUT2D eigenvalue weighted by Gasteiger charge is 2.01. The van der Waals surface area contributed by atoms with Crippen molar-refractivity contribution in [2.24, 2.45) is 0 Å². The van der Waals surface area contributed by atoms with Gasteiger partial charge in [-0.05, 0) is 12.3 Å². The lowest BCUT2D eigenvalue weighted by molar-refractivity contribution is 1.23. The molecule has 0 aliphatic rings. The van der Waals surface area contributed by atoms with Gasteiger partial charge < -0.3 is 0 Å². The molecule has 0 spiro atoms. The Morgan fingerprint density at radius 1 is 1.27 bits per heavy atom. The van der Waals surface area contributed by atoms with Crippen LogP contribution < -0.4 is 0 Å². The predicted octanol–water partition coefficient (Wildman–Crippen LogP) is 4.26. The van der Waals surface area contributed by atoms with Crippen molar-refractivity contribution in [2.45, 2.75) is 4.34 Å². The van der Waals surface area contributed by atoms with E-state index in [1.165, 1.54) is 0 Å². The SMILES string of the molecule is CSc1nc(-c2ccccc2)cc(=S)s1. The molecule has 0 fully saturated rings. The van der Waals surface area contributed by atoms with Gasteiger partial charge in [-0.1, -0.05) is 65.6 Å². The summed E-state index contributed by atoms with van der Waals surface area (Å²) >= 11 is 8.40. The van der Waals surface area contributed by atoms with E-state index in [0.717, 1.165) is 19.4 Å². The smallest absolute Gasteiger partial charge is 0.151 e. The van der Waals surface area contributed by atoms with Gasteiger partial charge in [0.15, 0.2) is 4.34 Å². The van der Waals surface area contributed by atoms with E-state index in [0.29, 0.717) is 0 Å². The molecule has 0 radical (unpaired) electrons. The molecule has 1 aromatic carbocycles. The fourth-order valence-corrected chi connectivity index (χ4v) is 3.01. The summed E-state index contributed by atoms with van der Waals surface area (Å²) in [6, 6.07) is 12.1. The lowest BCUT2D eigenvalue weighted by Gasteiger charge is -2.01. The minimum atomic E-state index is 0.883. The molecule has 0 amide bonds. The van der Waals surface area contributed by atoms with Crippen LogP contribution in [0.15, 0.2) is 40.7 Å². The third-order valence-corrected chi connectivity index (χ3v) is 4.04. The number of rotatable bonds is 2. The van der Waals surface area contributed by atoms with Gasteiger partial charge in [0.05, 0.1) is 9.52 Å². The highest BCUT2D eigenvalue weighted by Crippen LogP contribution is 2.24. The maximum Gasteiger partial charge on any atom is 0.151 e.